The number of benzene rings is 1. The zero-order chi connectivity index (χ0) is 15.4. The van der Waals surface area contributed by atoms with Gasteiger partial charge in [0.15, 0.2) is 0 Å². The normalized spacial score (nSPS) is 22.0. The first-order chi connectivity index (χ1) is 9.97. The number of nitro groups is 1. The van der Waals surface area contributed by atoms with Crippen LogP contribution in [0.5, 0.6) is 0 Å². The van der Waals surface area contributed by atoms with Gasteiger partial charge in [0.1, 0.15) is 0 Å². The van der Waals surface area contributed by atoms with Crippen molar-refractivity contribution < 1.29 is 9.72 Å². The maximum absolute atomic E-state index is 11.1. The summed E-state index contributed by atoms with van der Waals surface area (Å²) in [5, 5.41) is 14.8. The molecule has 0 atom stereocenters. The summed E-state index contributed by atoms with van der Waals surface area (Å²) in [5.41, 5.74) is 5.94. The number of hydrogen-bond donors (Lipinski definition) is 2. The van der Waals surface area contributed by atoms with Crippen molar-refractivity contribution in [3.63, 3.8) is 0 Å². The highest BCUT2D eigenvalue weighted by atomic mass is 35.5. The summed E-state index contributed by atoms with van der Waals surface area (Å²) in [7, 11) is 0. The van der Waals surface area contributed by atoms with Gasteiger partial charge in [0.05, 0.1) is 4.92 Å². The third kappa shape index (κ3) is 4.15. The first kappa shape index (κ1) is 15.7. The van der Waals surface area contributed by atoms with E-state index >= 15 is 0 Å². The van der Waals surface area contributed by atoms with Crippen molar-refractivity contribution in [1.82, 2.24) is 5.32 Å². The molecule has 114 valence electrons. The zero-order valence-electron chi connectivity index (χ0n) is 11.5. The summed E-state index contributed by atoms with van der Waals surface area (Å²) in [6, 6.07) is 4.80. The predicted octanol–water partition coefficient (Wildman–Crippen LogP) is 2.38. The number of nitro benzene ring substituents is 1. The molecule has 0 saturated heterocycles. The van der Waals surface area contributed by atoms with Gasteiger partial charge in [0.25, 0.3) is 5.69 Å². The Bertz CT molecular complexity index is 542. The Morgan fingerprint density at radius 1 is 1.38 bits per heavy atom. The second-order valence-corrected chi connectivity index (χ2v) is 5.80. The summed E-state index contributed by atoms with van der Waals surface area (Å²) < 4.78 is 0. The Balaban J connectivity index is 1.93. The van der Waals surface area contributed by atoms with Crippen LogP contribution in [0.1, 0.15) is 31.2 Å². The van der Waals surface area contributed by atoms with Gasteiger partial charge >= 0.3 is 0 Å². The van der Waals surface area contributed by atoms with Crippen molar-refractivity contribution >= 4 is 23.2 Å². The Morgan fingerprint density at radius 3 is 2.62 bits per heavy atom. The molecule has 0 aliphatic heterocycles. The van der Waals surface area contributed by atoms with Gasteiger partial charge in [0, 0.05) is 35.2 Å². The van der Waals surface area contributed by atoms with Crippen molar-refractivity contribution in [2.75, 3.05) is 0 Å². The van der Waals surface area contributed by atoms with Crippen molar-refractivity contribution in [3.8, 4) is 0 Å². The average molecular weight is 312 g/mol. The topological polar surface area (TPSA) is 98.3 Å². The fraction of sp³-hybridized carbons (Fsp3) is 0.500. The van der Waals surface area contributed by atoms with Crippen LogP contribution in [-0.2, 0) is 11.3 Å². The monoisotopic (exact) mass is 311 g/mol. The quantitative estimate of drug-likeness (QED) is 0.644. The maximum atomic E-state index is 11.1. The van der Waals surface area contributed by atoms with Gasteiger partial charge in [-0.05, 0) is 37.8 Å². The molecule has 1 aliphatic rings. The van der Waals surface area contributed by atoms with Crippen LogP contribution < -0.4 is 11.1 Å². The van der Waals surface area contributed by atoms with Crippen LogP contribution in [0.15, 0.2) is 18.2 Å². The van der Waals surface area contributed by atoms with Gasteiger partial charge in [0.2, 0.25) is 5.91 Å². The largest absolute Gasteiger partial charge is 0.369 e. The fourth-order valence-corrected chi connectivity index (χ4v) is 2.90. The molecule has 1 aliphatic carbocycles. The van der Waals surface area contributed by atoms with E-state index in [1.54, 1.807) is 6.07 Å². The van der Waals surface area contributed by atoms with Crippen molar-refractivity contribution in [2.24, 2.45) is 11.7 Å². The number of carbonyl (C=O) groups excluding carboxylic acids is 1. The molecule has 1 aromatic carbocycles. The van der Waals surface area contributed by atoms with E-state index in [1.165, 1.54) is 12.1 Å². The van der Waals surface area contributed by atoms with Gasteiger partial charge in [-0.2, -0.15) is 0 Å². The lowest BCUT2D eigenvalue weighted by Crippen LogP contribution is -2.36. The fourth-order valence-electron chi connectivity index (χ4n) is 2.71. The molecule has 0 bridgehead atoms. The number of rotatable bonds is 5. The molecule has 1 amide bonds. The van der Waals surface area contributed by atoms with Crippen molar-refractivity contribution in [2.45, 2.75) is 38.3 Å². The average Bonchev–Trinajstić information content (AvgIpc) is 2.45. The summed E-state index contributed by atoms with van der Waals surface area (Å²) in [5.74, 6) is -0.275. The van der Waals surface area contributed by atoms with Gasteiger partial charge in [-0.25, -0.2) is 0 Å². The molecule has 2 rings (SSSR count). The molecule has 1 saturated carbocycles. The number of carbonyl (C=O) groups is 1. The minimum atomic E-state index is -0.405. The molecule has 0 unspecified atom stereocenters. The Kier molecular flexibility index (Phi) is 5.14. The van der Waals surface area contributed by atoms with Crippen LogP contribution in [0.2, 0.25) is 5.02 Å². The van der Waals surface area contributed by atoms with E-state index in [0.717, 1.165) is 25.7 Å². The summed E-state index contributed by atoms with van der Waals surface area (Å²) >= 11 is 5.90. The number of nitrogens with zero attached hydrogens (tertiary/aromatic N) is 1. The summed E-state index contributed by atoms with van der Waals surface area (Å²) in [6.07, 6.45) is 3.24. The third-order valence-electron chi connectivity index (χ3n) is 3.95. The number of nitrogens with two attached hydrogens (primary N) is 1. The maximum Gasteiger partial charge on any atom is 0.273 e. The lowest BCUT2D eigenvalue weighted by atomic mass is 9.85. The lowest BCUT2D eigenvalue weighted by Gasteiger charge is -2.27. The van der Waals surface area contributed by atoms with E-state index < -0.39 is 4.92 Å². The SMILES string of the molecule is NC(=O)C1CCC(NCc2cc(Cl)ccc2[N+](=O)[O-])CC1. The highest BCUT2D eigenvalue weighted by Gasteiger charge is 2.24. The van der Waals surface area contributed by atoms with Crippen LogP contribution in [0.3, 0.4) is 0 Å². The number of amides is 1. The van der Waals surface area contributed by atoms with Crippen molar-refractivity contribution in [3.05, 3.63) is 38.9 Å². The van der Waals surface area contributed by atoms with E-state index in [-0.39, 0.29) is 23.6 Å². The van der Waals surface area contributed by atoms with Crippen LogP contribution >= 0.6 is 11.6 Å². The highest BCUT2D eigenvalue weighted by Crippen LogP contribution is 2.26. The molecular formula is C14H18ClN3O3. The minimum Gasteiger partial charge on any atom is -0.369 e. The molecule has 0 spiro atoms. The van der Waals surface area contributed by atoms with Gasteiger partial charge in [-0.1, -0.05) is 11.6 Å². The van der Waals surface area contributed by atoms with E-state index in [4.69, 9.17) is 17.3 Å². The Morgan fingerprint density at radius 2 is 2.05 bits per heavy atom. The molecule has 1 fully saturated rings. The Hall–Kier alpha value is -1.66. The van der Waals surface area contributed by atoms with Crippen molar-refractivity contribution in [1.29, 1.82) is 0 Å². The molecule has 0 aromatic heterocycles. The molecule has 6 nitrogen and oxygen atoms in total. The van der Waals surface area contributed by atoms with Crippen LogP contribution in [0.4, 0.5) is 5.69 Å². The number of hydrogen-bond acceptors (Lipinski definition) is 4. The molecule has 21 heavy (non-hydrogen) atoms. The van der Waals surface area contributed by atoms with Gasteiger partial charge in [-0.15, -0.1) is 0 Å². The summed E-state index contributed by atoms with van der Waals surface area (Å²) in [4.78, 5) is 21.7. The molecule has 7 heteroatoms. The molecule has 3 N–H and O–H groups in total. The Labute approximate surface area is 127 Å². The first-order valence-corrected chi connectivity index (χ1v) is 7.30. The van der Waals surface area contributed by atoms with E-state index in [9.17, 15) is 14.9 Å². The number of nitrogens with one attached hydrogen (secondary N) is 1. The molecule has 0 radical (unpaired) electrons. The molecular weight excluding hydrogens is 294 g/mol. The lowest BCUT2D eigenvalue weighted by molar-refractivity contribution is -0.385. The van der Waals surface area contributed by atoms with Crippen LogP contribution in [0, 0.1) is 16.0 Å². The van der Waals surface area contributed by atoms with E-state index in [1.807, 2.05) is 0 Å². The van der Waals surface area contributed by atoms with Crippen LogP contribution in [-0.4, -0.2) is 16.9 Å². The molecule has 1 aromatic rings. The first-order valence-electron chi connectivity index (χ1n) is 6.93. The molecule has 0 heterocycles. The second kappa shape index (κ2) is 6.87. The zero-order valence-corrected chi connectivity index (χ0v) is 12.3. The van der Waals surface area contributed by atoms with Gasteiger partial charge in [-0.3, -0.25) is 14.9 Å². The highest BCUT2D eigenvalue weighted by molar-refractivity contribution is 6.30. The van der Waals surface area contributed by atoms with E-state index in [2.05, 4.69) is 5.32 Å². The number of primary amides is 1. The van der Waals surface area contributed by atoms with Crippen LogP contribution in [0.25, 0.3) is 0 Å². The standard InChI is InChI=1S/C14H18ClN3O3/c15-11-3-6-13(18(20)21)10(7-11)8-17-12-4-1-9(2-5-12)14(16)19/h3,6-7,9,12,17H,1-2,4-5,8H2,(H2,16,19). The minimum absolute atomic E-state index is 0.0384. The van der Waals surface area contributed by atoms with E-state index in [0.29, 0.717) is 17.1 Å². The second-order valence-electron chi connectivity index (χ2n) is 5.36. The third-order valence-corrected chi connectivity index (χ3v) is 4.18. The smallest absolute Gasteiger partial charge is 0.273 e. The van der Waals surface area contributed by atoms with Gasteiger partial charge < -0.3 is 11.1 Å². The predicted molar refractivity (Wildman–Crippen MR) is 79.9 cm³/mol. The summed E-state index contributed by atoms with van der Waals surface area (Å²) in [6.45, 7) is 0.392. The number of halogens is 1.